The number of fused-ring (bicyclic) bond motifs is 1. The minimum absolute atomic E-state index is 0. The van der Waals surface area contributed by atoms with Crippen molar-refractivity contribution >= 4 is 0 Å². The van der Waals surface area contributed by atoms with Gasteiger partial charge in [0.15, 0.2) is 0 Å². The van der Waals surface area contributed by atoms with Crippen LogP contribution in [-0.4, -0.2) is 11.6 Å². The van der Waals surface area contributed by atoms with Gasteiger partial charge in [-0.2, -0.15) is 0 Å². The minimum atomic E-state index is 0. The fourth-order valence-corrected chi connectivity index (χ4v) is 2.22. The molecular formula is C16H16IrNO-. The molecule has 1 aliphatic rings. The van der Waals surface area contributed by atoms with Crippen LogP contribution in [0.25, 0.3) is 11.3 Å². The average molecular weight is 431 g/mol. The van der Waals surface area contributed by atoms with E-state index in [0.29, 0.717) is 5.92 Å². The fraction of sp³-hybridized carbons (Fsp3) is 0.312. The van der Waals surface area contributed by atoms with Crippen LogP contribution in [0.4, 0.5) is 0 Å². The minimum Gasteiger partial charge on any atom is -0.536 e. The first-order chi connectivity index (χ1) is 8.74. The van der Waals surface area contributed by atoms with Gasteiger partial charge in [-0.05, 0) is 24.1 Å². The number of hydrogen-bond acceptors (Lipinski definition) is 2. The summed E-state index contributed by atoms with van der Waals surface area (Å²) in [5, 5.41) is 0. The zero-order valence-corrected chi connectivity index (χ0v) is 13.5. The molecule has 1 aromatic carbocycles. The molecule has 0 saturated carbocycles. The van der Waals surface area contributed by atoms with Gasteiger partial charge in [-0.25, -0.2) is 0 Å². The first-order valence-corrected chi connectivity index (χ1v) is 6.38. The van der Waals surface area contributed by atoms with Crippen LogP contribution in [-0.2, 0) is 26.5 Å². The second-order valence-electron chi connectivity index (χ2n) is 4.96. The molecule has 3 heteroatoms. The molecule has 0 saturated heterocycles. The maximum atomic E-state index is 5.50. The quantitative estimate of drug-likeness (QED) is 0.680. The Kier molecular flexibility index (Phi) is 4.38. The van der Waals surface area contributed by atoms with E-state index < -0.39 is 0 Å². The zero-order valence-electron chi connectivity index (χ0n) is 11.1. The van der Waals surface area contributed by atoms with E-state index in [2.05, 4.69) is 43.1 Å². The number of nitrogens with zero attached hydrogens (tertiary/aromatic N) is 1. The molecule has 101 valence electrons. The van der Waals surface area contributed by atoms with Gasteiger partial charge < -0.3 is 9.72 Å². The van der Waals surface area contributed by atoms with Crippen LogP contribution in [0.3, 0.4) is 0 Å². The summed E-state index contributed by atoms with van der Waals surface area (Å²) in [5.41, 5.74) is 4.63. The summed E-state index contributed by atoms with van der Waals surface area (Å²) >= 11 is 0. The van der Waals surface area contributed by atoms with E-state index in [-0.39, 0.29) is 20.1 Å². The third kappa shape index (κ3) is 2.88. The summed E-state index contributed by atoms with van der Waals surface area (Å²) in [6.07, 6.45) is 2.86. The van der Waals surface area contributed by atoms with E-state index in [4.69, 9.17) is 4.74 Å². The van der Waals surface area contributed by atoms with E-state index in [0.717, 1.165) is 30.0 Å². The number of benzene rings is 1. The molecule has 2 heterocycles. The summed E-state index contributed by atoms with van der Waals surface area (Å²) in [6, 6.07) is 11.6. The van der Waals surface area contributed by atoms with Crippen molar-refractivity contribution in [1.82, 2.24) is 4.98 Å². The third-order valence-electron chi connectivity index (χ3n) is 3.35. The average Bonchev–Trinajstić information content (AvgIpc) is 2.86. The largest absolute Gasteiger partial charge is 0.536 e. The SMILES string of the molecule is CC(C)c1ccnc(-c2[c-]cc3c(c2)CCO3)c1.[Ir]. The maximum absolute atomic E-state index is 5.50. The summed E-state index contributed by atoms with van der Waals surface area (Å²) in [7, 11) is 0. The predicted octanol–water partition coefficient (Wildman–Crippen LogP) is 3.60. The second-order valence-corrected chi connectivity index (χ2v) is 4.96. The van der Waals surface area contributed by atoms with Crippen LogP contribution in [0, 0.1) is 6.07 Å². The van der Waals surface area contributed by atoms with Gasteiger partial charge in [0, 0.05) is 32.1 Å². The first-order valence-electron chi connectivity index (χ1n) is 6.38. The van der Waals surface area contributed by atoms with Crippen LogP contribution in [0.5, 0.6) is 5.75 Å². The van der Waals surface area contributed by atoms with Crippen molar-refractivity contribution < 1.29 is 24.8 Å². The zero-order chi connectivity index (χ0) is 12.5. The van der Waals surface area contributed by atoms with E-state index >= 15 is 0 Å². The van der Waals surface area contributed by atoms with Crippen LogP contribution in [0.2, 0.25) is 0 Å². The number of ether oxygens (including phenoxy) is 1. The Morgan fingerprint density at radius 2 is 2.16 bits per heavy atom. The fourth-order valence-electron chi connectivity index (χ4n) is 2.22. The molecule has 0 bridgehead atoms. The summed E-state index contributed by atoms with van der Waals surface area (Å²) in [5.74, 6) is 1.49. The van der Waals surface area contributed by atoms with Crippen molar-refractivity contribution in [3.8, 4) is 17.0 Å². The molecule has 0 N–H and O–H groups in total. The summed E-state index contributed by atoms with van der Waals surface area (Å²) < 4.78 is 5.50. The molecule has 0 atom stereocenters. The number of aromatic nitrogens is 1. The van der Waals surface area contributed by atoms with Crippen molar-refractivity contribution in [3.63, 3.8) is 0 Å². The Bertz CT molecular complexity index is 581. The van der Waals surface area contributed by atoms with Crippen LogP contribution >= 0.6 is 0 Å². The molecule has 1 radical (unpaired) electrons. The van der Waals surface area contributed by atoms with Gasteiger partial charge in [0.05, 0.1) is 6.61 Å². The number of pyridine rings is 1. The number of hydrogen-bond donors (Lipinski definition) is 0. The van der Waals surface area contributed by atoms with Gasteiger partial charge >= 0.3 is 0 Å². The van der Waals surface area contributed by atoms with Gasteiger partial charge in [0.2, 0.25) is 0 Å². The van der Waals surface area contributed by atoms with E-state index in [1.165, 1.54) is 11.1 Å². The smallest absolute Gasteiger partial charge is 0.0781 e. The topological polar surface area (TPSA) is 22.1 Å². The Hall–Kier alpha value is -1.18. The molecule has 0 aliphatic carbocycles. The van der Waals surface area contributed by atoms with E-state index in [9.17, 15) is 0 Å². The Morgan fingerprint density at radius 1 is 1.32 bits per heavy atom. The Morgan fingerprint density at radius 3 is 2.95 bits per heavy atom. The molecule has 0 unspecified atom stereocenters. The third-order valence-corrected chi connectivity index (χ3v) is 3.35. The van der Waals surface area contributed by atoms with Gasteiger partial charge in [-0.3, -0.25) is 0 Å². The van der Waals surface area contributed by atoms with E-state index in [1.807, 2.05) is 12.3 Å². The number of rotatable bonds is 2. The molecule has 1 aliphatic heterocycles. The van der Waals surface area contributed by atoms with Gasteiger partial charge in [-0.15, -0.1) is 23.8 Å². The normalized spacial score (nSPS) is 12.8. The van der Waals surface area contributed by atoms with Crippen LogP contribution < -0.4 is 4.74 Å². The molecular weight excluding hydrogens is 414 g/mol. The van der Waals surface area contributed by atoms with Crippen molar-refractivity contribution in [2.24, 2.45) is 0 Å². The van der Waals surface area contributed by atoms with Gasteiger partial charge in [-0.1, -0.05) is 31.0 Å². The summed E-state index contributed by atoms with van der Waals surface area (Å²) in [4.78, 5) is 4.45. The molecule has 1 aromatic heterocycles. The monoisotopic (exact) mass is 431 g/mol. The van der Waals surface area contributed by atoms with Crippen molar-refractivity contribution in [1.29, 1.82) is 0 Å². The molecule has 0 spiro atoms. The van der Waals surface area contributed by atoms with Gasteiger partial charge in [0.1, 0.15) is 0 Å². The molecule has 2 nitrogen and oxygen atoms in total. The predicted molar refractivity (Wildman–Crippen MR) is 71.8 cm³/mol. The van der Waals surface area contributed by atoms with Crippen molar-refractivity contribution in [2.45, 2.75) is 26.2 Å². The first kappa shape index (κ1) is 14.2. The van der Waals surface area contributed by atoms with Gasteiger partial charge in [0.25, 0.3) is 0 Å². The standard InChI is InChI=1S/C16H16NO.Ir/c1-11(2)12-5-7-17-15(10-12)13-3-4-16-14(9-13)6-8-18-16;/h4-5,7,9-11H,6,8H2,1-2H3;/q-1;. The molecule has 0 amide bonds. The second kappa shape index (κ2) is 5.85. The Labute approximate surface area is 127 Å². The van der Waals surface area contributed by atoms with Crippen LogP contribution in [0.15, 0.2) is 30.5 Å². The molecule has 0 fully saturated rings. The van der Waals surface area contributed by atoms with Crippen molar-refractivity contribution in [3.05, 3.63) is 47.7 Å². The maximum Gasteiger partial charge on any atom is 0.0781 e. The summed E-state index contributed by atoms with van der Waals surface area (Å²) in [6.45, 7) is 5.17. The van der Waals surface area contributed by atoms with Crippen molar-refractivity contribution in [2.75, 3.05) is 6.61 Å². The Balaban J connectivity index is 0.00000133. The molecule has 2 aromatic rings. The molecule has 3 rings (SSSR count). The van der Waals surface area contributed by atoms with Crippen LogP contribution in [0.1, 0.15) is 30.9 Å². The van der Waals surface area contributed by atoms with E-state index in [1.54, 1.807) is 0 Å². The molecule has 19 heavy (non-hydrogen) atoms.